The van der Waals surface area contributed by atoms with Crippen molar-refractivity contribution in [2.75, 3.05) is 0 Å². The van der Waals surface area contributed by atoms with Crippen LogP contribution in [0.25, 0.3) is 11.3 Å². The minimum atomic E-state index is 0.331. The monoisotopic (exact) mass is 291 g/mol. The van der Waals surface area contributed by atoms with E-state index in [0.29, 0.717) is 25.8 Å². The molecule has 1 heterocycles. The van der Waals surface area contributed by atoms with E-state index in [-0.39, 0.29) is 0 Å². The van der Waals surface area contributed by atoms with Crippen LogP contribution in [0.4, 0.5) is 0 Å². The Hall–Kier alpha value is -0.470. The quantitative estimate of drug-likeness (QED) is 0.645. The Morgan fingerprint density at radius 2 is 1.56 bits per heavy atom. The molecule has 1 aromatic carbocycles. The van der Waals surface area contributed by atoms with Crippen LogP contribution < -0.4 is 0 Å². The van der Waals surface area contributed by atoms with E-state index >= 15 is 0 Å². The Morgan fingerprint density at radius 1 is 0.812 bits per heavy atom. The highest BCUT2D eigenvalue weighted by Crippen LogP contribution is 2.37. The molecule has 0 amide bonds. The summed E-state index contributed by atoms with van der Waals surface area (Å²) < 4.78 is 0. The van der Waals surface area contributed by atoms with E-state index in [2.05, 4.69) is 4.98 Å². The fourth-order valence-corrected chi connectivity index (χ4v) is 2.00. The van der Waals surface area contributed by atoms with Crippen LogP contribution >= 0.6 is 46.4 Å². The number of nitrogens with zero attached hydrogens (tertiary/aromatic N) is 1. The predicted octanol–water partition coefficient (Wildman–Crippen LogP) is 5.36. The first kappa shape index (κ1) is 12.0. The summed E-state index contributed by atoms with van der Waals surface area (Å²) in [6.07, 6.45) is 1.55. The standard InChI is InChI=1S/C11H5Cl4N/c12-6-1-4-9(16-5-6)7-2-3-8(13)11(15)10(7)14/h1-5H. The molecule has 0 atom stereocenters. The normalized spacial score (nSPS) is 10.5. The van der Waals surface area contributed by atoms with Gasteiger partial charge in [0.15, 0.2) is 0 Å². The molecule has 0 aliphatic carbocycles. The lowest BCUT2D eigenvalue weighted by Crippen LogP contribution is -1.85. The van der Waals surface area contributed by atoms with Crippen LogP contribution in [0.5, 0.6) is 0 Å². The molecule has 1 aromatic heterocycles. The zero-order valence-electron chi connectivity index (χ0n) is 7.85. The molecule has 0 spiro atoms. The molecule has 2 rings (SSSR count). The van der Waals surface area contributed by atoms with Gasteiger partial charge in [0.1, 0.15) is 0 Å². The zero-order valence-corrected chi connectivity index (χ0v) is 10.9. The minimum Gasteiger partial charge on any atom is -0.255 e. The van der Waals surface area contributed by atoms with Gasteiger partial charge in [-0.05, 0) is 24.3 Å². The molecular weight excluding hydrogens is 288 g/mol. The molecule has 0 bridgehead atoms. The van der Waals surface area contributed by atoms with Crippen LogP contribution in [0.15, 0.2) is 30.5 Å². The summed E-state index contributed by atoms with van der Waals surface area (Å²) in [6, 6.07) is 6.96. The molecule has 5 heteroatoms. The van der Waals surface area contributed by atoms with Crippen LogP contribution in [0.3, 0.4) is 0 Å². The highest BCUT2D eigenvalue weighted by molar-refractivity contribution is 6.49. The Morgan fingerprint density at radius 3 is 2.19 bits per heavy atom. The Labute approximate surface area is 113 Å². The molecule has 0 unspecified atom stereocenters. The van der Waals surface area contributed by atoms with Crippen molar-refractivity contribution >= 4 is 46.4 Å². The van der Waals surface area contributed by atoms with E-state index in [4.69, 9.17) is 46.4 Å². The van der Waals surface area contributed by atoms with Crippen LogP contribution in [0.1, 0.15) is 0 Å². The summed E-state index contributed by atoms with van der Waals surface area (Å²) >= 11 is 23.6. The SMILES string of the molecule is Clc1ccc(-c2ccc(Cl)c(Cl)c2Cl)nc1. The van der Waals surface area contributed by atoms with E-state index < -0.39 is 0 Å². The summed E-state index contributed by atoms with van der Waals surface area (Å²) in [4.78, 5) is 4.16. The summed E-state index contributed by atoms with van der Waals surface area (Å²) in [7, 11) is 0. The van der Waals surface area contributed by atoms with Gasteiger partial charge in [0, 0.05) is 11.8 Å². The Bertz CT molecular complexity index is 522. The topological polar surface area (TPSA) is 12.9 Å². The first-order valence-corrected chi connectivity index (χ1v) is 5.86. The summed E-state index contributed by atoms with van der Waals surface area (Å²) in [6.45, 7) is 0. The van der Waals surface area contributed by atoms with E-state index in [1.807, 2.05) is 0 Å². The third-order valence-electron chi connectivity index (χ3n) is 2.04. The van der Waals surface area contributed by atoms with Crippen molar-refractivity contribution in [1.82, 2.24) is 4.98 Å². The van der Waals surface area contributed by atoms with Gasteiger partial charge < -0.3 is 0 Å². The van der Waals surface area contributed by atoms with Gasteiger partial charge in [-0.15, -0.1) is 0 Å². The lowest BCUT2D eigenvalue weighted by molar-refractivity contribution is 1.33. The fourth-order valence-electron chi connectivity index (χ4n) is 1.26. The van der Waals surface area contributed by atoms with E-state index in [1.54, 1.807) is 30.5 Å². The molecule has 1 nitrogen and oxygen atoms in total. The zero-order chi connectivity index (χ0) is 11.7. The van der Waals surface area contributed by atoms with Crippen LogP contribution in [0, 0.1) is 0 Å². The van der Waals surface area contributed by atoms with E-state index in [1.165, 1.54) is 0 Å². The van der Waals surface area contributed by atoms with Crippen molar-refractivity contribution in [2.24, 2.45) is 0 Å². The maximum Gasteiger partial charge on any atom is 0.0785 e. The minimum absolute atomic E-state index is 0.331. The van der Waals surface area contributed by atoms with Gasteiger partial charge in [-0.3, -0.25) is 4.98 Å². The average molecular weight is 293 g/mol. The van der Waals surface area contributed by atoms with Crippen molar-refractivity contribution in [3.63, 3.8) is 0 Å². The van der Waals surface area contributed by atoms with Crippen molar-refractivity contribution in [2.45, 2.75) is 0 Å². The molecule has 16 heavy (non-hydrogen) atoms. The fraction of sp³-hybridized carbons (Fsp3) is 0. The molecule has 2 aromatic rings. The first-order chi connectivity index (χ1) is 7.59. The maximum absolute atomic E-state index is 6.08. The van der Waals surface area contributed by atoms with Gasteiger partial charge in [-0.1, -0.05) is 46.4 Å². The highest BCUT2D eigenvalue weighted by atomic mass is 35.5. The third-order valence-corrected chi connectivity index (χ3v) is 3.56. The maximum atomic E-state index is 6.08. The molecule has 0 saturated carbocycles. The molecule has 0 fully saturated rings. The Kier molecular flexibility index (Phi) is 3.60. The van der Waals surface area contributed by atoms with Crippen molar-refractivity contribution in [1.29, 1.82) is 0 Å². The molecule has 82 valence electrons. The van der Waals surface area contributed by atoms with E-state index in [9.17, 15) is 0 Å². The van der Waals surface area contributed by atoms with Gasteiger partial charge in [0.2, 0.25) is 0 Å². The van der Waals surface area contributed by atoms with Gasteiger partial charge in [0.05, 0.1) is 25.8 Å². The summed E-state index contributed by atoms with van der Waals surface area (Å²) in [5.74, 6) is 0. The molecule has 0 aliphatic heterocycles. The van der Waals surface area contributed by atoms with Gasteiger partial charge >= 0.3 is 0 Å². The number of pyridine rings is 1. The van der Waals surface area contributed by atoms with Crippen molar-refractivity contribution in [3.8, 4) is 11.3 Å². The molecule has 0 saturated heterocycles. The largest absolute Gasteiger partial charge is 0.255 e. The van der Waals surface area contributed by atoms with Crippen LogP contribution in [-0.2, 0) is 0 Å². The second kappa shape index (κ2) is 4.80. The lowest BCUT2D eigenvalue weighted by Gasteiger charge is -2.06. The van der Waals surface area contributed by atoms with Gasteiger partial charge in [0.25, 0.3) is 0 Å². The average Bonchev–Trinajstić information content (AvgIpc) is 2.28. The number of hydrogen-bond donors (Lipinski definition) is 0. The van der Waals surface area contributed by atoms with Crippen molar-refractivity contribution in [3.05, 3.63) is 50.6 Å². The number of hydrogen-bond acceptors (Lipinski definition) is 1. The predicted molar refractivity (Wildman–Crippen MR) is 69.7 cm³/mol. The smallest absolute Gasteiger partial charge is 0.0785 e. The second-order valence-corrected chi connectivity index (χ2v) is 4.68. The highest BCUT2D eigenvalue weighted by Gasteiger charge is 2.11. The summed E-state index contributed by atoms with van der Waals surface area (Å²) in [5, 5.41) is 1.71. The second-order valence-electron chi connectivity index (χ2n) is 3.08. The molecule has 0 N–H and O–H groups in total. The van der Waals surface area contributed by atoms with E-state index in [0.717, 1.165) is 5.56 Å². The number of aromatic nitrogens is 1. The number of halogens is 4. The van der Waals surface area contributed by atoms with Crippen LogP contribution in [-0.4, -0.2) is 4.98 Å². The lowest BCUT2D eigenvalue weighted by atomic mass is 10.1. The first-order valence-electron chi connectivity index (χ1n) is 4.35. The molecular formula is C11H5Cl4N. The van der Waals surface area contributed by atoms with Gasteiger partial charge in [-0.2, -0.15) is 0 Å². The van der Waals surface area contributed by atoms with Gasteiger partial charge in [-0.25, -0.2) is 0 Å². The number of rotatable bonds is 1. The van der Waals surface area contributed by atoms with Crippen molar-refractivity contribution < 1.29 is 0 Å². The molecule has 0 radical (unpaired) electrons. The molecule has 0 aliphatic rings. The summed E-state index contributed by atoms with van der Waals surface area (Å²) in [5.41, 5.74) is 1.43. The Balaban J connectivity index is 2.57. The van der Waals surface area contributed by atoms with Crippen LogP contribution in [0.2, 0.25) is 20.1 Å². The number of benzene rings is 1. The third kappa shape index (κ3) is 2.28.